The highest BCUT2D eigenvalue weighted by Crippen LogP contribution is 2.48. The molecule has 6 rings (SSSR count). The van der Waals surface area contributed by atoms with Crippen LogP contribution in [0.3, 0.4) is 0 Å². The number of hydrogen-bond acceptors (Lipinski definition) is 8. The lowest BCUT2D eigenvalue weighted by atomic mass is 9.96. The first-order chi connectivity index (χ1) is 23.4. The zero-order valence-electron chi connectivity index (χ0n) is 29.4. The van der Waals surface area contributed by atoms with Crippen molar-refractivity contribution in [3.63, 3.8) is 0 Å². The van der Waals surface area contributed by atoms with E-state index in [0.717, 1.165) is 61.9 Å². The lowest BCUT2D eigenvalue weighted by Gasteiger charge is -2.19. The summed E-state index contributed by atoms with van der Waals surface area (Å²) in [5.41, 5.74) is 2.33. The zero-order valence-corrected chi connectivity index (χ0v) is 30.2. The second-order valence-corrected chi connectivity index (χ2v) is 13.8. The Morgan fingerprint density at radius 2 is 1.40 bits per heavy atom. The standard InChI is InChI=1S/C24H28F2N2O3.C15H21NO2.ClH/c1-16(11-17(2)29)18-3-5-20(6-4-18)31-22-9-10-28(14-22)23-8-7-21(13-27-23)30-15-19-12-24(19,25)26;1-11(9-12(2)17)13-3-5-14(6-4-13)18-15-7-8-16-10-15;/h3-8,13,16,19,22H,9-12,14-15H2,1-2H3;3-6,11,15-16H,7-10H2,1-2H3;1H/t16-,19?,22?;11-,15?;/m11./s1. The number of rotatable bonds is 14. The molecule has 50 heavy (non-hydrogen) atoms. The Hall–Kier alpha value is -3.76. The predicted octanol–water partition coefficient (Wildman–Crippen LogP) is 7.79. The molecular weight excluding hydrogens is 664 g/mol. The van der Waals surface area contributed by atoms with Gasteiger partial charge >= 0.3 is 0 Å². The number of alkyl halides is 2. The summed E-state index contributed by atoms with van der Waals surface area (Å²) in [6.45, 7) is 10.9. The number of halogens is 3. The van der Waals surface area contributed by atoms with Gasteiger partial charge in [-0.1, -0.05) is 38.1 Å². The fraction of sp³-hybridized carbons (Fsp3) is 0.513. The summed E-state index contributed by atoms with van der Waals surface area (Å²) in [5.74, 6) is 0.747. The first-order valence-corrected chi connectivity index (χ1v) is 17.4. The van der Waals surface area contributed by atoms with Crippen molar-refractivity contribution in [3.05, 3.63) is 78.0 Å². The van der Waals surface area contributed by atoms with Crippen molar-refractivity contribution in [2.45, 2.75) is 89.8 Å². The summed E-state index contributed by atoms with van der Waals surface area (Å²) in [4.78, 5) is 29.0. The van der Waals surface area contributed by atoms with Crippen LogP contribution < -0.4 is 24.4 Å². The molecule has 11 heteroatoms. The number of ketones is 2. The Morgan fingerprint density at radius 1 is 0.860 bits per heavy atom. The van der Waals surface area contributed by atoms with E-state index in [-0.39, 0.29) is 54.9 Å². The molecule has 2 aromatic carbocycles. The highest BCUT2D eigenvalue weighted by atomic mass is 35.5. The molecule has 272 valence electrons. The SMILES string of the molecule is CC(=O)C[C@@H](C)c1ccc(OC2CCN(c3ccc(OCC4CC4(F)F)cn3)C2)cc1.CC(=O)C[C@@H](C)c1ccc(OC2CCNC2)cc1.Cl. The monoisotopic (exact) mass is 713 g/mol. The molecule has 0 spiro atoms. The van der Waals surface area contributed by atoms with Gasteiger partial charge in [-0.05, 0) is 86.2 Å². The third kappa shape index (κ3) is 11.7. The largest absolute Gasteiger partial charge is 0.491 e. The van der Waals surface area contributed by atoms with Crippen LogP contribution in [0.1, 0.15) is 82.8 Å². The van der Waals surface area contributed by atoms with Crippen LogP contribution in [0, 0.1) is 5.92 Å². The molecule has 3 aliphatic rings. The summed E-state index contributed by atoms with van der Waals surface area (Å²) in [6.07, 6.45) is 4.97. The van der Waals surface area contributed by atoms with Crippen LogP contribution in [0.5, 0.6) is 17.2 Å². The van der Waals surface area contributed by atoms with Gasteiger partial charge in [-0.3, -0.25) is 0 Å². The van der Waals surface area contributed by atoms with E-state index < -0.39 is 11.8 Å². The van der Waals surface area contributed by atoms with E-state index in [2.05, 4.69) is 41.2 Å². The molecule has 3 aromatic rings. The number of benzene rings is 2. The lowest BCUT2D eigenvalue weighted by Crippen LogP contribution is -2.25. The molecule has 3 unspecified atom stereocenters. The quantitative estimate of drug-likeness (QED) is 0.181. The minimum Gasteiger partial charge on any atom is -0.491 e. The normalized spacial score (nSPS) is 21.6. The van der Waals surface area contributed by atoms with Crippen LogP contribution >= 0.6 is 12.4 Å². The van der Waals surface area contributed by atoms with Crippen molar-refractivity contribution in [3.8, 4) is 17.2 Å². The third-order valence-corrected chi connectivity index (χ3v) is 9.30. The molecule has 0 bridgehead atoms. The molecule has 3 heterocycles. The van der Waals surface area contributed by atoms with Gasteiger partial charge < -0.3 is 34.0 Å². The Balaban J connectivity index is 0.000000253. The van der Waals surface area contributed by atoms with E-state index in [1.165, 1.54) is 5.56 Å². The second kappa shape index (κ2) is 17.9. The second-order valence-electron chi connectivity index (χ2n) is 13.8. The van der Waals surface area contributed by atoms with E-state index >= 15 is 0 Å². The fourth-order valence-corrected chi connectivity index (χ4v) is 6.29. The van der Waals surface area contributed by atoms with Gasteiger partial charge in [0.15, 0.2) is 0 Å². The van der Waals surface area contributed by atoms with Gasteiger partial charge in [0, 0.05) is 38.8 Å². The van der Waals surface area contributed by atoms with Gasteiger partial charge in [0.05, 0.1) is 25.3 Å². The Morgan fingerprint density at radius 3 is 1.86 bits per heavy atom. The fourth-order valence-electron chi connectivity index (χ4n) is 6.29. The van der Waals surface area contributed by atoms with Crippen LogP contribution in [0.15, 0.2) is 66.9 Å². The van der Waals surface area contributed by atoms with E-state index in [4.69, 9.17) is 14.2 Å². The first kappa shape index (κ1) is 39.0. The molecule has 5 atom stereocenters. The van der Waals surface area contributed by atoms with Crippen LogP contribution in [-0.2, 0) is 9.59 Å². The topological polar surface area (TPSA) is 90.0 Å². The minimum absolute atomic E-state index is 0. The number of ether oxygens (including phenoxy) is 3. The summed E-state index contributed by atoms with van der Waals surface area (Å²) < 4.78 is 43.3. The zero-order chi connectivity index (χ0) is 35.0. The van der Waals surface area contributed by atoms with Crippen molar-refractivity contribution in [1.82, 2.24) is 10.3 Å². The molecule has 3 fully saturated rings. The molecule has 8 nitrogen and oxygen atoms in total. The van der Waals surface area contributed by atoms with Crippen molar-refractivity contribution in [1.29, 1.82) is 0 Å². The number of aromatic nitrogens is 1. The van der Waals surface area contributed by atoms with Crippen LogP contribution in [-0.4, -0.2) is 67.5 Å². The first-order valence-electron chi connectivity index (χ1n) is 17.4. The molecule has 2 saturated heterocycles. The average Bonchev–Trinajstić information content (AvgIpc) is 3.43. The van der Waals surface area contributed by atoms with Gasteiger partial charge in [-0.2, -0.15) is 0 Å². The summed E-state index contributed by atoms with van der Waals surface area (Å²) >= 11 is 0. The number of nitrogens with one attached hydrogen (secondary N) is 1. The van der Waals surface area contributed by atoms with Gasteiger partial charge in [-0.25, -0.2) is 13.8 Å². The number of anilines is 1. The number of pyridine rings is 1. The summed E-state index contributed by atoms with van der Waals surface area (Å²) in [6, 6.07) is 19.7. The van der Waals surface area contributed by atoms with E-state index in [1.807, 2.05) is 42.5 Å². The third-order valence-electron chi connectivity index (χ3n) is 9.30. The number of hydrogen-bond donors (Lipinski definition) is 1. The molecule has 1 N–H and O–H groups in total. The number of Topliss-reactive ketones (excluding diaryl/α,β-unsaturated/α-hetero) is 2. The van der Waals surface area contributed by atoms with Gasteiger partial charge in [0.1, 0.15) is 46.8 Å². The van der Waals surface area contributed by atoms with Crippen molar-refractivity contribution in [2.75, 3.05) is 37.7 Å². The molecule has 1 aromatic heterocycles. The molecule has 1 aliphatic carbocycles. The number of carbonyl (C=O) groups is 2. The smallest absolute Gasteiger partial charge is 0.255 e. The maximum atomic E-state index is 12.9. The maximum Gasteiger partial charge on any atom is 0.255 e. The van der Waals surface area contributed by atoms with Crippen molar-refractivity contribution >= 4 is 29.8 Å². The van der Waals surface area contributed by atoms with Crippen LogP contribution in [0.25, 0.3) is 0 Å². The minimum atomic E-state index is -2.56. The molecule has 0 radical (unpaired) electrons. The van der Waals surface area contributed by atoms with Crippen molar-refractivity contribution in [2.24, 2.45) is 5.92 Å². The number of carbonyl (C=O) groups excluding carboxylic acids is 2. The van der Waals surface area contributed by atoms with Crippen molar-refractivity contribution < 1.29 is 32.6 Å². The Labute approximate surface area is 300 Å². The maximum absolute atomic E-state index is 12.9. The Bertz CT molecular complexity index is 1520. The summed E-state index contributed by atoms with van der Waals surface area (Å²) in [7, 11) is 0. The number of nitrogens with zero attached hydrogens (tertiary/aromatic N) is 2. The van der Waals surface area contributed by atoms with E-state index in [9.17, 15) is 18.4 Å². The molecule has 0 amide bonds. The molecule has 2 aliphatic heterocycles. The highest BCUT2D eigenvalue weighted by Gasteiger charge is 2.57. The molecule has 1 saturated carbocycles. The van der Waals surface area contributed by atoms with Gasteiger partial charge in [-0.15, -0.1) is 12.4 Å². The highest BCUT2D eigenvalue weighted by molar-refractivity contribution is 5.85. The van der Waals surface area contributed by atoms with E-state index in [0.29, 0.717) is 24.7 Å². The van der Waals surface area contributed by atoms with Gasteiger partial charge in [0.25, 0.3) is 5.92 Å². The van der Waals surface area contributed by atoms with Crippen LogP contribution in [0.2, 0.25) is 0 Å². The lowest BCUT2D eigenvalue weighted by molar-refractivity contribution is -0.118. The predicted molar refractivity (Wildman–Crippen MR) is 193 cm³/mol. The van der Waals surface area contributed by atoms with Gasteiger partial charge in [0.2, 0.25) is 0 Å². The Kier molecular flexibility index (Phi) is 14.0. The van der Waals surface area contributed by atoms with Crippen LogP contribution in [0.4, 0.5) is 14.6 Å². The average molecular weight is 714 g/mol. The summed E-state index contributed by atoms with van der Waals surface area (Å²) in [5, 5.41) is 3.28. The van der Waals surface area contributed by atoms with E-state index in [1.54, 1.807) is 26.1 Å². The molecular formula is C39H50ClF2N3O5.